The smallest absolute Gasteiger partial charge is 0.236 e. The molecule has 4 aromatic rings. The maximum atomic E-state index is 14.0. The topological polar surface area (TPSA) is 94.5 Å². The van der Waals surface area contributed by atoms with Crippen LogP contribution in [0.5, 0.6) is 0 Å². The Hall–Kier alpha value is -3.16. The van der Waals surface area contributed by atoms with Crippen LogP contribution in [0.2, 0.25) is 0 Å². The van der Waals surface area contributed by atoms with E-state index in [0.29, 0.717) is 17.6 Å². The average Bonchev–Trinajstić information content (AvgIpc) is 3.26. The Labute approximate surface area is 171 Å². The van der Waals surface area contributed by atoms with Gasteiger partial charge in [-0.05, 0) is 18.2 Å². The third-order valence-electron chi connectivity index (χ3n) is 4.49. The van der Waals surface area contributed by atoms with Crippen molar-refractivity contribution in [1.82, 2.24) is 29.2 Å². The van der Waals surface area contributed by atoms with Crippen molar-refractivity contribution in [2.45, 2.75) is 31.0 Å². The summed E-state index contributed by atoms with van der Waals surface area (Å²) in [4.78, 5) is 8.03. The van der Waals surface area contributed by atoms with Crippen LogP contribution in [0.3, 0.4) is 0 Å². The van der Waals surface area contributed by atoms with E-state index in [1.807, 2.05) is 0 Å². The molecule has 0 aromatic carbocycles. The number of hydrogen-bond donors (Lipinski definition) is 0. The molecule has 0 unspecified atom stereocenters. The van der Waals surface area contributed by atoms with E-state index in [1.165, 1.54) is 6.92 Å². The van der Waals surface area contributed by atoms with Crippen LogP contribution in [0.1, 0.15) is 25.1 Å². The van der Waals surface area contributed by atoms with Gasteiger partial charge in [0.2, 0.25) is 0 Å². The first-order valence-electron chi connectivity index (χ1n) is 8.75. The van der Waals surface area contributed by atoms with Gasteiger partial charge in [0.05, 0.1) is 11.3 Å². The van der Waals surface area contributed by atoms with Crippen LogP contribution < -0.4 is 0 Å². The second kappa shape index (κ2) is 6.67. The van der Waals surface area contributed by atoms with E-state index in [1.54, 1.807) is 0 Å². The minimum absolute atomic E-state index is 0.0147. The van der Waals surface area contributed by atoms with Gasteiger partial charge in [-0.2, -0.15) is 27.1 Å². The van der Waals surface area contributed by atoms with Crippen LogP contribution in [0.4, 0.5) is 22.0 Å². The summed E-state index contributed by atoms with van der Waals surface area (Å²) in [6.45, 7) is 1.94. The van der Waals surface area contributed by atoms with E-state index in [0.717, 1.165) is 28.9 Å². The van der Waals surface area contributed by atoms with Crippen molar-refractivity contribution in [3.05, 3.63) is 41.9 Å². The number of halogens is 5. The SMILES string of the molecule is CCS(=O)(=O)c1nn2c(C(C)(F)F)ccnc2c1-c1nc2ccc(C(F)(F)F)cn2n1. The van der Waals surface area contributed by atoms with Crippen LogP contribution in [-0.2, 0) is 21.9 Å². The van der Waals surface area contributed by atoms with E-state index in [4.69, 9.17) is 0 Å². The van der Waals surface area contributed by atoms with Crippen molar-refractivity contribution in [2.75, 3.05) is 5.75 Å². The predicted molar refractivity (Wildman–Crippen MR) is 97.3 cm³/mol. The minimum atomic E-state index is -4.63. The van der Waals surface area contributed by atoms with Crippen molar-refractivity contribution in [2.24, 2.45) is 0 Å². The predicted octanol–water partition coefficient (Wildman–Crippen LogP) is 3.36. The molecule has 8 nitrogen and oxygen atoms in total. The summed E-state index contributed by atoms with van der Waals surface area (Å²) in [6, 6.07) is 2.83. The number of sulfone groups is 1. The molecular weight excluding hydrogens is 447 g/mol. The molecule has 164 valence electrons. The standard InChI is InChI=1S/C17H13F5N6O2S/c1-3-31(29,30)15-12(14-23-7-6-10(16(2,18)19)28(14)26-15)13-24-11-5-4-9(17(20,21)22)8-27(11)25-13/h4-8H,3H2,1-2H3. The molecule has 31 heavy (non-hydrogen) atoms. The van der Waals surface area contributed by atoms with Crippen LogP contribution in [0.25, 0.3) is 22.7 Å². The van der Waals surface area contributed by atoms with E-state index in [2.05, 4.69) is 20.2 Å². The molecule has 0 atom stereocenters. The second-order valence-corrected chi connectivity index (χ2v) is 8.88. The fraction of sp³-hybridized carbons (Fsp3) is 0.294. The summed E-state index contributed by atoms with van der Waals surface area (Å²) < 4.78 is 93.8. The lowest BCUT2D eigenvalue weighted by molar-refractivity contribution is -0.137. The van der Waals surface area contributed by atoms with Crippen LogP contribution >= 0.6 is 0 Å². The Bertz CT molecular complexity index is 1420. The molecule has 0 spiro atoms. The third-order valence-corrected chi connectivity index (χ3v) is 6.13. The summed E-state index contributed by atoms with van der Waals surface area (Å²) in [5, 5.41) is 7.19. The zero-order valence-corrected chi connectivity index (χ0v) is 16.7. The van der Waals surface area contributed by atoms with Crippen molar-refractivity contribution < 1.29 is 30.4 Å². The molecule has 0 aliphatic carbocycles. The molecule has 4 heterocycles. The van der Waals surface area contributed by atoms with Gasteiger partial charge in [0.25, 0.3) is 5.92 Å². The van der Waals surface area contributed by atoms with Gasteiger partial charge in [-0.25, -0.2) is 27.4 Å². The molecule has 0 saturated heterocycles. The van der Waals surface area contributed by atoms with Gasteiger partial charge in [0.15, 0.2) is 32.0 Å². The normalized spacial score (nSPS) is 13.4. The number of nitrogens with zero attached hydrogens (tertiary/aromatic N) is 6. The zero-order chi connectivity index (χ0) is 22.8. The first-order chi connectivity index (χ1) is 14.3. The lowest BCUT2D eigenvalue weighted by atomic mass is 10.2. The number of aromatic nitrogens is 6. The van der Waals surface area contributed by atoms with Crippen molar-refractivity contribution in [3.63, 3.8) is 0 Å². The van der Waals surface area contributed by atoms with Crippen molar-refractivity contribution >= 4 is 21.1 Å². The van der Waals surface area contributed by atoms with Crippen molar-refractivity contribution in [3.8, 4) is 11.4 Å². The Balaban J connectivity index is 2.06. The van der Waals surface area contributed by atoms with Crippen LogP contribution in [-0.4, -0.2) is 43.4 Å². The molecule has 4 rings (SSSR count). The largest absolute Gasteiger partial charge is 0.417 e. The highest BCUT2D eigenvalue weighted by Gasteiger charge is 2.34. The van der Waals surface area contributed by atoms with Crippen LogP contribution in [0, 0.1) is 0 Å². The molecule has 14 heteroatoms. The fourth-order valence-corrected chi connectivity index (χ4v) is 3.94. The molecule has 0 amide bonds. The summed E-state index contributed by atoms with van der Waals surface area (Å²) in [5.74, 6) is -4.11. The van der Waals surface area contributed by atoms with E-state index < -0.39 is 44.0 Å². The van der Waals surface area contributed by atoms with Gasteiger partial charge in [-0.1, -0.05) is 6.92 Å². The lowest BCUT2D eigenvalue weighted by Gasteiger charge is -2.11. The first kappa shape index (κ1) is 21.1. The number of rotatable bonds is 4. The zero-order valence-electron chi connectivity index (χ0n) is 15.9. The van der Waals surface area contributed by atoms with Gasteiger partial charge in [0.1, 0.15) is 11.3 Å². The Morgan fingerprint density at radius 2 is 1.77 bits per heavy atom. The number of hydrogen-bond acceptors (Lipinski definition) is 6. The molecule has 0 saturated carbocycles. The molecule has 0 aliphatic rings. The van der Waals surface area contributed by atoms with E-state index >= 15 is 0 Å². The molecule has 0 aliphatic heterocycles. The number of pyridine rings is 1. The fourth-order valence-electron chi connectivity index (χ4n) is 2.97. The Morgan fingerprint density at radius 3 is 2.39 bits per heavy atom. The third kappa shape index (κ3) is 3.49. The highest BCUT2D eigenvalue weighted by atomic mass is 32.2. The molecule has 0 N–H and O–H groups in total. The highest BCUT2D eigenvalue weighted by Crippen LogP contribution is 2.34. The highest BCUT2D eigenvalue weighted by molar-refractivity contribution is 7.91. The maximum absolute atomic E-state index is 14.0. The monoisotopic (exact) mass is 460 g/mol. The number of alkyl halides is 5. The number of fused-ring (bicyclic) bond motifs is 2. The lowest BCUT2D eigenvalue weighted by Crippen LogP contribution is -2.14. The van der Waals surface area contributed by atoms with Gasteiger partial charge >= 0.3 is 6.18 Å². The van der Waals surface area contributed by atoms with Gasteiger partial charge < -0.3 is 0 Å². The summed E-state index contributed by atoms with van der Waals surface area (Å²) in [7, 11) is -4.06. The second-order valence-electron chi connectivity index (χ2n) is 6.69. The van der Waals surface area contributed by atoms with Gasteiger partial charge in [-0.3, -0.25) is 0 Å². The maximum Gasteiger partial charge on any atom is 0.417 e. The Kier molecular flexibility index (Phi) is 4.54. The average molecular weight is 460 g/mol. The van der Waals surface area contributed by atoms with Gasteiger partial charge in [0, 0.05) is 19.3 Å². The first-order valence-corrected chi connectivity index (χ1v) is 10.4. The summed E-state index contributed by atoms with van der Waals surface area (Å²) >= 11 is 0. The van der Waals surface area contributed by atoms with E-state index in [-0.39, 0.29) is 22.7 Å². The van der Waals surface area contributed by atoms with Gasteiger partial charge in [-0.15, -0.1) is 5.10 Å². The summed E-state index contributed by atoms with van der Waals surface area (Å²) in [5.41, 5.74) is -2.18. The molecule has 0 fully saturated rings. The molecule has 0 radical (unpaired) electrons. The molecule has 0 bridgehead atoms. The van der Waals surface area contributed by atoms with E-state index in [9.17, 15) is 30.4 Å². The minimum Gasteiger partial charge on any atom is -0.236 e. The van der Waals surface area contributed by atoms with Crippen molar-refractivity contribution in [1.29, 1.82) is 0 Å². The Morgan fingerprint density at radius 1 is 1.06 bits per heavy atom. The quantitative estimate of drug-likeness (QED) is 0.434. The summed E-state index contributed by atoms with van der Waals surface area (Å²) in [6.07, 6.45) is -2.90. The van der Waals surface area contributed by atoms with Crippen LogP contribution in [0.15, 0.2) is 35.6 Å². The molecular formula is C17H13F5N6O2S. The molecule has 4 aromatic heterocycles.